The smallest absolute Gasteiger partial charge is 0.152 e. The average Bonchev–Trinajstić information content (AvgIpc) is 3.05. The average molecular weight is 293 g/mol. The summed E-state index contributed by atoms with van der Waals surface area (Å²) in [6, 6.07) is 7.84. The standard InChI is InChI=1S/C14H13ClN2OS/c1-2-17-13(12-7-16-8-19-12)11-6-9-4-3-5-10(15)14(9)18-11/h3-8,13,17H,2H2,1H3. The summed E-state index contributed by atoms with van der Waals surface area (Å²) in [5, 5.41) is 5.08. The maximum absolute atomic E-state index is 6.15. The second-order valence-corrected chi connectivity index (χ2v) is 5.53. The summed E-state index contributed by atoms with van der Waals surface area (Å²) in [4.78, 5) is 5.27. The van der Waals surface area contributed by atoms with Crippen LogP contribution in [0.5, 0.6) is 0 Å². The number of halogens is 1. The van der Waals surface area contributed by atoms with Gasteiger partial charge in [0, 0.05) is 16.5 Å². The van der Waals surface area contributed by atoms with E-state index in [0.717, 1.165) is 28.2 Å². The zero-order chi connectivity index (χ0) is 13.2. The topological polar surface area (TPSA) is 38.1 Å². The van der Waals surface area contributed by atoms with Crippen molar-refractivity contribution in [3.8, 4) is 0 Å². The zero-order valence-electron chi connectivity index (χ0n) is 10.4. The molecule has 1 atom stereocenters. The van der Waals surface area contributed by atoms with Crippen molar-refractivity contribution in [3.05, 3.63) is 51.6 Å². The van der Waals surface area contributed by atoms with E-state index in [1.165, 1.54) is 0 Å². The lowest BCUT2D eigenvalue weighted by Crippen LogP contribution is -2.20. The van der Waals surface area contributed by atoms with E-state index >= 15 is 0 Å². The van der Waals surface area contributed by atoms with Crippen LogP contribution in [0, 0.1) is 0 Å². The van der Waals surface area contributed by atoms with E-state index in [0.29, 0.717) is 5.02 Å². The van der Waals surface area contributed by atoms with Gasteiger partial charge in [-0.2, -0.15) is 0 Å². The van der Waals surface area contributed by atoms with Crippen molar-refractivity contribution in [2.75, 3.05) is 6.54 Å². The Morgan fingerprint density at radius 1 is 1.47 bits per heavy atom. The van der Waals surface area contributed by atoms with Crippen molar-refractivity contribution >= 4 is 33.9 Å². The molecule has 0 aliphatic rings. The van der Waals surface area contributed by atoms with E-state index < -0.39 is 0 Å². The number of para-hydroxylation sites is 1. The summed E-state index contributed by atoms with van der Waals surface area (Å²) >= 11 is 7.77. The lowest BCUT2D eigenvalue weighted by molar-refractivity contribution is 0.480. The Morgan fingerprint density at radius 2 is 2.37 bits per heavy atom. The van der Waals surface area contributed by atoms with Crippen LogP contribution in [0.15, 0.2) is 40.4 Å². The number of nitrogens with one attached hydrogen (secondary N) is 1. The van der Waals surface area contributed by atoms with Crippen LogP contribution in [-0.4, -0.2) is 11.5 Å². The van der Waals surface area contributed by atoms with Crippen LogP contribution in [0.2, 0.25) is 5.02 Å². The molecule has 0 saturated heterocycles. The van der Waals surface area contributed by atoms with Gasteiger partial charge in [-0.15, -0.1) is 11.3 Å². The Morgan fingerprint density at radius 3 is 3.05 bits per heavy atom. The Bertz CT molecular complexity index is 678. The van der Waals surface area contributed by atoms with E-state index in [2.05, 4.69) is 17.2 Å². The van der Waals surface area contributed by atoms with Crippen molar-refractivity contribution in [3.63, 3.8) is 0 Å². The second kappa shape index (κ2) is 5.33. The molecule has 3 rings (SSSR count). The highest BCUT2D eigenvalue weighted by atomic mass is 35.5. The molecule has 98 valence electrons. The number of hydrogen-bond donors (Lipinski definition) is 1. The molecule has 19 heavy (non-hydrogen) atoms. The van der Waals surface area contributed by atoms with Crippen LogP contribution in [0.25, 0.3) is 11.0 Å². The molecule has 3 nitrogen and oxygen atoms in total. The molecule has 0 radical (unpaired) electrons. The van der Waals surface area contributed by atoms with Gasteiger partial charge in [0.05, 0.1) is 10.5 Å². The minimum atomic E-state index is 0.0287. The van der Waals surface area contributed by atoms with Gasteiger partial charge < -0.3 is 9.73 Å². The molecule has 1 N–H and O–H groups in total. The second-order valence-electron chi connectivity index (χ2n) is 4.20. The summed E-state index contributed by atoms with van der Waals surface area (Å²) in [5.41, 5.74) is 2.57. The Balaban J connectivity index is 2.08. The van der Waals surface area contributed by atoms with Gasteiger partial charge in [-0.1, -0.05) is 30.7 Å². The Kier molecular flexibility index (Phi) is 3.55. The zero-order valence-corrected chi connectivity index (χ0v) is 12.0. The van der Waals surface area contributed by atoms with Crippen LogP contribution in [-0.2, 0) is 0 Å². The summed E-state index contributed by atoms with van der Waals surface area (Å²) in [6.07, 6.45) is 1.87. The number of fused-ring (bicyclic) bond motifs is 1. The molecule has 0 bridgehead atoms. The first-order valence-corrected chi connectivity index (χ1v) is 7.35. The van der Waals surface area contributed by atoms with Crippen LogP contribution in [0.4, 0.5) is 0 Å². The van der Waals surface area contributed by atoms with Gasteiger partial charge in [0.15, 0.2) is 5.58 Å². The molecule has 5 heteroatoms. The summed E-state index contributed by atoms with van der Waals surface area (Å²) < 4.78 is 5.92. The Hall–Kier alpha value is -1.36. The Labute approximate surface area is 120 Å². The first-order chi connectivity index (χ1) is 9.29. The molecule has 0 saturated carbocycles. The van der Waals surface area contributed by atoms with E-state index in [-0.39, 0.29) is 6.04 Å². The fraction of sp³-hybridized carbons (Fsp3) is 0.214. The van der Waals surface area contributed by atoms with Gasteiger partial charge in [-0.25, -0.2) is 0 Å². The van der Waals surface area contributed by atoms with Crippen molar-refractivity contribution in [2.45, 2.75) is 13.0 Å². The minimum Gasteiger partial charge on any atom is -0.457 e. The van der Waals surface area contributed by atoms with E-state index in [9.17, 15) is 0 Å². The van der Waals surface area contributed by atoms with Gasteiger partial charge in [-0.3, -0.25) is 4.98 Å². The number of thiazole rings is 1. The highest BCUT2D eigenvalue weighted by Gasteiger charge is 2.19. The fourth-order valence-corrected chi connectivity index (χ4v) is 3.02. The van der Waals surface area contributed by atoms with Crippen molar-refractivity contribution in [1.82, 2.24) is 10.3 Å². The quantitative estimate of drug-likeness (QED) is 0.781. The number of hydrogen-bond acceptors (Lipinski definition) is 4. The molecule has 1 aromatic carbocycles. The third-order valence-corrected chi connectivity index (χ3v) is 4.08. The van der Waals surface area contributed by atoms with Gasteiger partial charge in [0.2, 0.25) is 0 Å². The largest absolute Gasteiger partial charge is 0.457 e. The molecule has 0 amide bonds. The molecule has 0 fully saturated rings. The lowest BCUT2D eigenvalue weighted by Gasteiger charge is -2.12. The monoisotopic (exact) mass is 292 g/mol. The molecule has 0 aliphatic carbocycles. The minimum absolute atomic E-state index is 0.0287. The summed E-state index contributed by atoms with van der Waals surface area (Å²) in [7, 11) is 0. The number of benzene rings is 1. The molecule has 3 aromatic rings. The van der Waals surface area contributed by atoms with E-state index in [1.54, 1.807) is 11.3 Å². The first kappa shape index (κ1) is 12.7. The van der Waals surface area contributed by atoms with Crippen molar-refractivity contribution in [1.29, 1.82) is 0 Å². The third-order valence-electron chi connectivity index (χ3n) is 2.94. The van der Waals surface area contributed by atoms with E-state index in [1.807, 2.05) is 36.0 Å². The van der Waals surface area contributed by atoms with Gasteiger partial charge in [-0.05, 0) is 18.7 Å². The molecule has 2 aromatic heterocycles. The van der Waals surface area contributed by atoms with Gasteiger partial charge in [0.25, 0.3) is 0 Å². The molecular weight excluding hydrogens is 280 g/mol. The van der Waals surface area contributed by atoms with Crippen molar-refractivity contribution in [2.24, 2.45) is 0 Å². The third kappa shape index (κ3) is 2.39. The maximum atomic E-state index is 6.15. The van der Waals surface area contributed by atoms with Crippen molar-refractivity contribution < 1.29 is 4.42 Å². The molecule has 2 heterocycles. The predicted molar refractivity (Wildman–Crippen MR) is 78.9 cm³/mol. The number of rotatable bonds is 4. The SMILES string of the molecule is CCNC(c1cc2cccc(Cl)c2o1)c1cncs1. The molecule has 0 aliphatic heterocycles. The highest BCUT2D eigenvalue weighted by Crippen LogP contribution is 2.32. The first-order valence-electron chi connectivity index (χ1n) is 6.09. The van der Waals surface area contributed by atoms with Gasteiger partial charge >= 0.3 is 0 Å². The number of nitrogens with zero attached hydrogens (tertiary/aromatic N) is 1. The van der Waals surface area contributed by atoms with E-state index in [4.69, 9.17) is 16.0 Å². The molecule has 1 unspecified atom stereocenters. The van der Waals surface area contributed by atoms with Crippen LogP contribution in [0.3, 0.4) is 0 Å². The fourth-order valence-electron chi connectivity index (χ4n) is 2.10. The lowest BCUT2D eigenvalue weighted by atomic mass is 10.2. The van der Waals surface area contributed by atoms with Crippen LogP contribution in [0.1, 0.15) is 23.6 Å². The van der Waals surface area contributed by atoms with Gasteiger partial charge in [0.1, 0.15) is 11.8 Å². The maximum Gasteiger partial charge on any atom is 0.152 e. The summed E-state index contributed by atoms with van der Waals surface area (Å²) in [6.45, 7) is 2.93. The summed E-state index contributed by atoms with van der Waals surface area (Å²) in [5.74, 6) is 0.870. The van der Waals surface area contributed by atoms with Crippen LogP contribution < -0.4 is 5.32 Å². The van der Waals surface area contributed by atoms with Crippen LogP contribution >= 0.6 is 22.9 Å². The highest BCUT2D eigenvalue weighted by molar-refractivity contribution is 7.09. The number of furan rings is 1. The molecule has 0 spiro atoms. The predicted octanol–water partition coefficient (Wildman–Crippen LogP) is 4.24. The molecular formula is C14H13ClN2OS. The number of aromatic nitrogens is 1. The normalized spacial score (nSPS) is 12.9.